The first-order valence-electron chi connectivity index (χ1n) is 20.5. The van der Waals surface area contributed by atoms with Gasteiger partial charge in [0, 0.05) is 61.8 Å². The molecule has 6 aliphatic rings. The molecule has 3 fully saturated rings. The van der Waals surface area contributed by atoms with E-state index < -0.39 is 23.8 Å². The van der Waals surface area contributed by atoms with E-state index in [1.165, 1.54) is 0 Å². The van der Waals surface area contributed by atoms with Crippen LogP contribution in [0.5, 0.6) is 5.75 Å². The zero-order chi connectivity index (χ0) is 40.1. The summed E-state index contributed by atoms with van der Waals surface area (Å²) in [5.41, 5.74) is 6.02. The fourth-order valence-electron chi connectivity index (χ4n) is 9.82. The summed E-state index contributed by atoms with van der Waals surface area (Å²) in [7, 11) is 0. The third-order valence-corrected chi connectivity index (χ3v) is 13.3. The second kappa shape index (κ2) is 15.7. The largest absolute Gasteiger partial charge is 0.490 e. The van der Waals surface area contributed by atoms with Crippen LogP contribution in [-0.4, -0.2) is 75.5 Å². The minimum absolute atomic E-state index is 0.0470. The number of piperidine rings is 1. The van der Waals surface area contributed by atoms with Crippen LogP contribution in [0.4, 0.5) is 0 Å². The second-order valence-corrected chi connectivity index (χ2v) is 17.1. The van der Waals surface area contributed by atoms with Crippen LogP contribution >= 0.6 is 11.6 Å². The lowest BCUT2D eigenvalue weighted by atomic mass is 9.81. The molecule has 1 atom stereocenters. The first-order valence-corrected chi connectivity index (χ1v) is 20.9. The third-order valence-electron chi connectivity index (χ3n) is 13.0. The van der Waals surface area contributed by atoms with Crippen molar-refractivity contribution >= 4 is 41.1 Å². The highest BCUT2D eigenvalue weighted by molar-refractivity contribution is 6.31. The number of nitrogens with one attached hydrogen (secondary N) is 1. The number of nitrogens with zero attached hydrogens (tertiary/aromatic N) is 4. The molecule has 9 rings (SSSR count). The average Bonchev–Trinajstić information content (AvgIpc) is 3.67. The summed E-state index contributed by atoms with van der Waals surface area (Å²) >= 11 is 6.19. The highest BCUT2D eigenvalue weighted by atomic mass is 35.5. The van der Waals surface area contributed by atoms with Crippen LogP contribution in [0.1, 0.15) is 123 Å². The number of hydrogen-bond acceptors (Lipinski definition) is 8. The molecular weight excluding hydrogens is 754 g/mol. The van der Waals surface area contributed by atoms with Crippen LogP contribution in [0.3, 0.4) is 0 Å². The average molecular weight is 798 g/mol. The van der Waals surface area contributed by atoms with Crippen LogP contribution in [0, 0.1) is 35.0 Å². The molecule has 3 aromatic rings. The molecule has 4 aliphatic heterocycles. The SMILES string of the molecule is N#Cc1ccc(OC2CCC(N3Cc4cc(C#CC5CCC(CN6CCc7cc8c(cc7C6)C(=O)N(C6CCC(=O)NC6=O)C8=O)CC5)ccc4C3=O)CC2)cc1Cl. The summed E-state index contributed by atoms with van der Waals surface area (Å²) < 4.78 is 6.17. The normalized spacial score (nSPS) is 25.7. The van der Waals surface area contributed by atoms with Gasteiger partial charge in [-0.3, -0.25) is 39.1 Å². The lowest BCUT2D eigenvalue weighted by Gasteiger charge is -2.34. The predicted octanol–water partition coefficient (Wildman–Crippen LogP) is 6.18. The maximum Gasteiger partial charge on any atom is 0.262 e. The Morgan fingerprint density at radius 3 is 2.24 bits per heavy atom. The molecule has 2 saturated carbocycles. The number of hydrogen-bond donors (Lipinski definition) is 1. The smallest absolute Gasteiger partial charge is 0.262 e. The molecule has 0 spiro atoms. The number of imide groups is 2. The summed E-state index contributed by atoms with van der Waals surface area (Å²) in [5, 5.41) is 11.8. The minimum Gasteiger partial charge on any atom is -0.490 e. The van der Waals surface area contributed by atoms with Gasteiger partial charge in [-0.05, 0) is 129 Å². The van der Waals surface area contributed by atoms with Crippen molar-refractivity contribution in [3.63, 3.8) is 0 Å². The summed E-state index contributed by atoms with van der Waals surface area (Å²) in [6, 6.07) is 16.1. The lowest BCUT2D eigenvalue weighted by Crippen LogP contribution is -2.54. The van der Waals surface area contributed by atoms with E-state index >= 15 is 0 Å². The topological polar surface area (TPSA) is 140 Å². The molecule has 0 aromatic heterocycles. The molecule has 58 heavy (non-hydrogen) atoms. The van der Waals surface area contributed by atoms with Crippen LogP contribution in [-0.2, 0) is 29.1 Å². The van der Waals surface area contributed by atoms with Gasteiger partial charge in [0.1, 0.15) is 17.9 Å². The van der Waals surface area contributed by atoms with Gasteiger partial charge in [0.15, 0.2) is 0 Å². The lowest BCUT2D eigenvalue weighted by molar-refractivity contribution is -0.136. The summed E-state index contributed by atoms with van der Waals surface area (Å²) in [4.78, 5) is 69.8. The number of benzene rings is 3. The molecule has 3 aromatic carbocycles. The Balaban J connectivity index is 0.748. The van der Waals surface area contributed by atoms with Crippen LogP contribution in [0.25, 0.3) is 0 Å². The van der Waals surface area contributed by atoms with E-state index in [1.807, 2.05) is 29.2 Å². The Bertz CT molecular complexity index is 2340. The summed E-state index contributed by atoms with van der Waals surface area (Å²) in [6.45, 7) is 3.18. The van der Waals surface area contributed by atoms with Gasteiger partial charge in [-0.1, -0.05) is 23.4 Å². The van der Waals surface area contributed by atoms with E-state index in [9.17, 15) is 24.0 Å². The van der Waals surface area contributed by atoms with E-state index in [0.29, 0.717) is 52.4 Å². The van der Waals surface area contributed by atoms with Gasteiger partial charge in [0.25, 0.3) is 17.7 Å². The van der Waals surface area contributed by atoms with Gasteiger partial charge in [-0.2, -0.15) is 5.26 Å². The Labute approximate surface area is 342 Å². The number of ether oxygens (including phenoxy) is 1. The van der Waals surface area contributed by atoms with Crippen LogP contribution in [0.15, 0.2) is 48.5 Å². The number of halogens is 1. The predicted molar refractivity (Wildman–Crippen MR) is 214 cm³/mol. The highest BCUT2D eigenvalue weighted by Crippen LogP contribution is 2.36. The van der Waals surface area contributed by atoms with Crippen molar-refractivity contribution in [1.82, 2.24) is 20.0 Å². The zero-order valence-electron chi connectivity index (χ0n) is 32.2. The molecule has 4 heterocycles. The van der Waals surface area contributed by atoms with E-state index in [1.54, 1.807) is 18.2 Å². The molecule has 2 aliphatic carbocycles. The van der Waals surface area contributed by atoms with Crippen molar-refractivity contribution in [3.8, 4) is 23.7 Å². The van der Waals surface area contributed by atoms with Gasteiger partial charge >= 0.3 is 0 Å². The number of amides is 5. The first kappa shape index (κ1) is 38.1. The van der Waals surface area contributed by atoms with Crippen molar-refractivity contribution in [3.05, 3.63) is 98.1 Å². The number of carbonyl (C=O) groups is 5. The van der Waals surface area contributed by atoms with Gasteiger partial charge in [0.2, 0.25) is 11.8 Å². The molecule has 0 radical (unpaired) electrons. The molecule has 1 unspecified atom stereocenters. The maximum atomic E-state index is 13.4. The molecule has 0 bridgehead atoms. The fraction of sp³-hybridized carbons (Fsp3) is 0.435. The monoisotopic (exact) mass is 797 g/mol. The van der Waals surface area contributed by atoms with E-state index in [4.69, 9.17) is 21.6 Å². The van der Waals surface area contributed by atoms with Crippen molar-refractivity contribution < 1.29 is 28.7 Å². The van der Waals surface area contributed by atoms with Crippen molar-refractivity contribution in [2.24, 2.45) is 11.8 Å². The number of rotatable bonds is 6. The zero-order valence-corrected chi connectivity index (χ0v) is 33.0. The number of carbonyl (C=O) groups excluding carboxylic acids is 5. The molecular formula is C46H44ClN5O6. The molecule has 1 N–H and O–H groups in total. The quantitative estimate of drug-likeness (QED) is 0.231. The van der Waals surface area contributed by atoms with Crippen molar-refractivity contribution in [2.75, 3.05) is 13.1 Å². The maximum absolute atomic E-state index is 13.4. The Hall–Kier alpha value is -5.49. The molecule has 11 nitrogen and oxygen atoms in total. The molecule has 1 saturated heterocycles. The van der Waals surface area contributed by atoms with E-state index in [-0.39, 0.29) is 36.8 Å². The van der Waals surface area contributed by atoms with Gasteiger partial charge in [-0.25, -0.2) is 0 Å². The summed E-state index contributed by atoms with van der Waals surface area (Å²) in [6.07, 6.45) is 8.80. The molecule has 5 amide bonds. The fourth-order valence-corrected chi connectivity index (χ4v) is 10.0. The first-order chi connectivity index (χ1) is 28.1. The van der Waals surface area contributed by atoms with Crippen molar-refractivity contribution in [1.29, 1.82) is 5.26 Å². The molecule has 296 valence electrons. The van der Waals surface area contributed by atoms with E-state index in [0.717, 1.165) is 104 Å². The van der Waals surface area contributed by atoms with Gasteiger partial charge < -0.3 is 9.64 Å². The summed E-state index contributed by atoms with van der Waals surface area (Å²) in [5.74, 6) is 6.73. The highest BCUT2D eigenvalue weighted by Gasteiger charge is 2.45. The van der Waals surface area contributed by atoms with Crippen molar-refractivity contribution in [2.45, 2.75) is 102 Å². The van der Waals surface area contributed by atoms with Gasteiger partial charge in [-0.15, -0.1) is 0 Å². The Morgan fingerprint density at radius 1 is 0.759 bits per heavy atom. The van der Waals surface area contributed by atoms with Crippen LogP contribution < -0.4 is 10.1 Å². The van der Waals surface area contributed by atoms with Gasteiger partial charge in [0.05, 0.1) is 27.8 Å². The Kier molecular flexibility index (Phi) is 10.3. The standard InChI is InChI=1S/C46H44ClN5O6/c47-40-22-36(11-8-31(40)23-48)58-35-12-9-34(10-13-35)51-26-33-19-28(7-14-37(33)44(51)55)4-1-27-2-5-29(6-3-27)24-50-18-17-30-20-38-39(21-32(30)25-50)46(57)52(45(38)56)41-15-16-42(53)49-43(41)54/h7-8,11,14,19-22,27,29,34-35,41H,2-3,5-6,9-10,12-13,15-18,24-26H2,(H,49,53,54). The third kappa shape index (κ3) is 7.38. The molecule has 12 heteroatoms. The second-order valence-electron chi connectivity index (χ2n) is 16.7. The van der Waals surface area contributed by atoms with Crippen LogP contribution in [0.2, 0.25) is 5.02 Å². The number of fused-ring (bicyclic) bond motifs is 3. The Morgan fingerprint density at radius 2 is 1.52 bits per heavy atom. The number of nitriles is 1. The minimum atomic E-state index is -0.962. The van der Waals surface area contributed by atoms with E-state index in [2.05, 4.69) is 34.2 Å².